The topological polar surface area (TPSA) is 103 Å². The SMILES string of the molecule is CCOc1ccc(CN2CCN(Cc3ccco3)CC2)cc1.O=C(O)C(=O)O. The van der Waals surface area contributed by atoms with E-state index in [4.69, 9.17) is 29.0 Å². The largest absolute Gasteiger partial charge is 0.494 e. The Morgan fingerprint density at radius 1 is 0.964 bits per heavy atom. The van der Waals surface area contributed by atoms with Gasteiger partial charge in [-0.05, 0) is 36.8 Å². The van der Waals surface area contributed by atoms with Crippen LogP contribution in [0.15, 0.2) is 47.1 Å². The Morgan fingerprint density at radius 3 is 2.00 bits per heavy atom. The molecule has 0 bridgehead atoms. The highest BCUT2D eigenvalue weighted by Crippen LogP contribution is 2.15. The first-order chi connectivity index (χ1) is 13.5. The first kappa shape index (κ1) is 21.5. The monoisotopic (exact) mass is 390 g/mol. The van der Waals surface area contributed by atoms with E-state index in [1.165, 1.54) is 5.56 Å². The zero-order chi connectivity index (χ0) is 20.4. The third kappa shape index (κ3) is 7.42. The molecule has 2 aromatic rings. The smallest absolute Gasteiger partial charge is 0.414 e. The van der Waals surface area contributed by atoms with Crippen LogP contribution >= 0.6 is 0 Å². The van der Waals surface area contributed by atoms with Crippen molar-refractivity contribution in [2.24, 2.45) is 0 Å². The minimum atomic E-state index is -1.82. The van der Waals surface area contributed by atoms with Gasteiger partial charge in [0.15, 0.2) is 0 Å². The standard InChI is InChI=1S/C18H24N2O2.C2H2O4/c1-2-21-17-7-5-16(6-8-17)14-19-9-11-20(12-10-19)15-18-4-3-13-22-18;3-1(4)2(5)6/h3-8,13H,2,9-12,14-15H2,1H3;(H,3,4)(H,5,6). The van der Waals surface area contributed by atoms with E-state index in [9.17, 15) is 0 Å². The van der Waals surface area contributed by atoms with E-state index in [0.717, 1.165) is 57.4 Å². The fourth-order valence-electron chi connectivity index (χ4n) is 2.84. The summed E-state index contributed by atoms with van der Waals surface area (Å²) in [5.41, 5.74) is 1.35. The van der Waals surface area contributed by atoms with Crippen molar-refractivity contribution in [2.45, 2.75) is 20.0 Å². The lowest BCUT2D eigenvalue weighted by atomic mass is 10.2. The summed E-state index contributed by atoms with van der Waals surface area (Å²) in [6, 6.07) is 12.5. The van der Waals surface area contributed by atoms with Gasteiger partial charge in [0.25, 0.3) is 0 Å². The molecule has 2 N–H and O–H groups in total. The number of piperazine rings is 1. The summed E-state index contributed by atoms with van der Waals surface area (Å²) in [7, 11) is 0. The number of furan rings is 1. The number of hydrogen-bond acceptors (Lipinski definition) is 6. The van der Waals surface area contributed by atoms with Gasteiger partial charge in [0, 0.05) is 32.7 Å². The van der Waals surface area contributed by atoms with E-state index >= 15 is 0 Å². The van der Waals surface area contributed by atoms with Crippen molar-refractivity contribution in [2.75, 3.05) is 32.8 Å². The maximum atomic E-state index is 9.10. The first-order valence-corrected chi connectivity index (χ1v) is 9.13. The van der Waals surface area contributed by atoms with Gasteiger partial charge in [-0.3, -0.25) is 9.80 Å². The van der Waals surface area contributed by atoms with E-state index in [-0.39, 0.29) is 0 Å². The molecule has 1 aliphatic heterocycles. The summed E-state index contributed by atoms with van der Waals surface area (Å²) in [5, 5.41) is 14.8. The first-order valence-electron chi connectivity index (χ1n) is 9.13. The van der Waals surface area contributed by atoms with E-state index in [0.29, 0.717) is 0 Å². The molecule has 1 aliphatic rings. The lowest BCUT2D eigenvalue weighted by molar-refractivity contribution is -0.159. The molecule has 0 spiro atoms. The molecule has 0 aliphatic carbocycles. The van der Waals surface area contributed by atoms with Gasteiger partial charge in [-0.2, -0.15) is 0 Å². The summed E-state index contributed by atoms with van der Waals surface area (Å²) in [6.45, 7) is 9.06. The molecule has 0 amide bonds. The fraction of sp³-hybridized carbons (Fsp3) is 0.400. The normalized spacial score (nSPS) is 14.8. The molecular weight excluding hydrogens is 364 g/mol. The quantitative estimate of drug-likeness (QED) is 0.723. The average molecular weight is 390 g/mol. The minimum absolute atomic E-state index is 0.719. The number of nitrogens with zero attached hydrogens (tertiary/aromatic N) is 2. The molecule has 0 unspecified atom stereocenters. The second-order valence-electron chi connectivity index (χ2n) is 6.32. The maximum absolute atomic E-state index is 9.10. The Bertz CT molecular complexity index is 710. The van der Waals surface area contributed by atoms with Gasteiger partial charge in [0.1, 0.15) is 11.5 Å². The van der Waals surface area contributed by atoms with Crippen LogP contribution < -0.4 is 4.74 Å². The summed E-state index contributed by atoms with van der Waals surface area (Å²) >= 11 is 0. The molecule has 1 aromatic heterocycles. The molecule has 152 valence electrons. The van der Waals surface area contributed by atoms with Gasteiger partial charge in [-0.25, -0.2) is 9.59 Å². The summed E-state index contributed by atoms with van der Waals surface area (Å²) in [5.74, 6) is -1.64. The zero-order valence-electron chi connectivity index (χ0n) is 15.9. The van der Waals surface area contributed by atoms with Gasteiger partial charge < -0.3 is 19.4 Å². The van der Waals surface area contributed by atoms with Crippen LogP contribution in [0, 0.1) is 0 Å². The van der Waals surface area contributed by atoms with Crippen LogP contribution in [0.1, 0.15) is 18.2 Å². The highest BCUT2D eigenvalue weighted by Gasteiger charge is 2.17. The number of carboxylic acids is 2. The number of benzene rings is 1. The molecule has 3 rings (SSSR count). The second kappa shape index (κ2) is 11.1. The van der Waals surface area contributed by atoms with Crippen LogP contribution in [0.2, 0.25) is 0 Å². The Balaban J connectivity index is 0.000000409. The molecule has 1 aromatic carbocycles. The molecule has 28 heavy (non-hydrogen) atoms. The number of carbonyl (C=O) groups is 2. The highest BCUT2D eigenvalue weighted by atomic mass is 16.5. The minimum Gasteiger partial charge on any atom is -0.494 e. The molecule has 0 atom stereocenters. The van der Waals surface area contributed by atoms with E-state index in [1.54, 1.807) is 6.26 Å². The Labute approximate surface area is 163 Å². The van der Waals surface area contributed by atoms with Crippen LogP contribution in [0.25, 0.3) is 0 Å². The third-order valence-electron chi connectivity index (χ3n) is 4.25. The van der Waals surface area contributed by atoms with Crippen molar-refractivity contribution in [1.29, 1.82) is 0 Å². The molecule has 1 fully saturated rings. The summed E-state index contributed by atoms with van der Waals surface area (Å²) < 4.78 is 10.9. The average Bonchev–Trinajstić information content (AvgIpc) is 3.19. The molecule has 2 heterocycles. The van der Waals surface area contributed by atoms with Crippen molar-refractivity contribution in [3.63, 3.8) is 0 Å². The molecule has 1 saturated heterocycles. The Kier molecular flexibility index (Phi) is 8.51. The van der Waals surface area contributed by atoms with Crippen molar-refractivity contribution < 1.29 is 29.0 Å². The zero-order valence-corrected chi connectivity index (χ0v) is 15.9. The maximum Gasteiger partial charge on any atom is 0.414 e. The lowest BCUT2D eigenvalue weighted by Gasteiger charge is -2.34. The fourth-order valence-corrected chi connectivity index (χ4v) is 2.84. The molecule has 8 nitrogen and oxygen atoms in total. The number of carboxylic acid groups (broad SMARTS) is 2. The van der Waals surface area contributed by atoms with Crippen LogP contribution in [-0.2, 0) is 22.7 Å². The van der Waals surface area contributed by atoms with Crippen molar-refractivity contribution in [1.82, 2.24) is 9.80 Å². The second-order valence-corrected chi connectivity index (χ2v) is 6.32. The predicted molar refractivity (Wildman–Crippen MR) is 102 cm³/mol. The molecular formula is C20H26N2O6. The number of ether oxygens (including phenoxy) is 1. The third-order valence-corrected chi connectivity index (χ3v) is 4.25. The lowest BCUT2D eigenvalue weighted by Crippen LogP contribution is -2.45. The summed E-state index contributed by atoms with van der Waals surface area (Å²) in [6.07, 6.45) is 1.75. The van der Waals surface area contributed by atoms with E-state index < -0.39 is 11.9 Å². The van der Waals surface area contributed by atoms with Crippen molar-refractivity contribution >= 4 is 11.9 Å². The van der Waals surface area contributed by atoms with Crippen LogP contribution in [0.3, 0.4) is 0 Å². The van der Waals surface area contributed by atoms with Crippen LogP contribution in [0.5, 0.6) is 5.75 Å². The molecule has 8 heteroatoms. The van der Waals surface area contributed by atoms with Gasteiger partial charge >= 0.3 is 11.9 Å². The Hall–Kier alpha value is -2.84. The highest BCUT2D eigenvalue weighted by molar-refractivity contribution is 6.27. The molecule has 0 radical (unpaired) electrons. The van der Waals surface area contributed by atoms with Crippen LogP contribution in [-0.4, -0.2) is 64.7 Å². The van der Waals surface area contributed by atoms with Gasteiger partial charge in [0.2, 0.25) is 0 Å². The van der Waals surface area contributed by atoms with E-state index in [1.807, 2.05) is 19.1 Å². The molecule has 0 saturated carbocycles. The summed E-state index contributed by atoms with van der Waals surface area (Å²) in [4.78, 5) is 23.2. The number of aliphatic carboxylic acids is 2. The van der Waals surface area contributed by atoms with Gasteiger partial charge in [-0.15, -0.1) is 0 Å². The Morgan fingerprint density at radius 2 is 1.54 bits per heavy atom. The van der Waals surface area contributed by atoms with Crippen molar-refractivity contribution in [3.8, 4) is 5.75 Å². The van der Waals surface area contributed by atoms with E-state index in [2.05, 4.69) is 34.1 Å². The van der Waals surface area contributed by atoms with Crippen molar-refractivity contribution in [3.05, 3.63) is 54.0 Å². The predicted octanol–water partition coefficient (Wildman–Crippen LogP) is 2.15. The number of rotatable bonds is 6. The van der Waals surface area contributed by atoms with Gasteiger partial charge in [0.05, 0.1) is 19.4 Å². The number of hydrogen-bond donors (Lipinski definition) is 2. The van der Waals surface area contributed by atoms with Crippen LogP contribution in [0.4, 0.5) is 0 Å². The van der Waals surface area contributed by atoms with Gasteiger partial charge in [-0.1, -0.05) is 12.1 Å².